The third kappa shape index (κ3) is 4.55. The summed E-state index contributed by atoms with van der Waals surface area (Å²) in [6, 6.07) is 1.35. The van der Waals surface area contributed by atoms with E-state index in [0.717, 1.165) is 0 Å². The van der Waals surface area contributed by atoms with E-state index in [1.165, 1.54) is 12.3 Å². The molecule has 5 N–H and O–H groups in total. The Hall–Kier alpha value is -1.38. The summed E-state index contributed by atoms with van der Waals surface area (Å²) in [5.41, 5.74) is 5.81. The quantitative estimate of drug-likeness (QED) is 0.630. The summed E-state index contributed by atoms with van der Waals surface area (Å²) in [5, 5.41) is 7.12. The van der Waals surface area contributed by atoms with Crippen molar-refractivity contribution in [3.63, 3.8) is 0 Å². The number of pyridine rings is 1. The number of carbonyl (C=O) groups excluding carboxylic acids is 1. The van der Waals surface area contributed by atoms with Gasteiger partial charge in [0.1, 0.15) is 5.15 Å². The fourth-order valence-electron chi connectivity index (χ4n) is 1.03. The molecule has 0 aliphatic heterocycles. The number of amides is 1. The van der Waals surface area contributed by atoms with Gasteiger partial charge in [0.05, 0.1) is 23.2 Å². The Labute approximate surface area is 103 Å². The predicted molar refractivity (Wildman–Crippen MR) is 64.0 cm³/mol. The first-order valence-corrected chi connectivity index (χ1v) is 6.58. The number of nitrogen functional groups attached to an aromatic ring is 1. The third-order valence-corrected chi connectivity index (χ3v) is 2.85. The van der Waals surface area contributed by atoms with Crippen molar-refractivity contribution in [2.45, 2.75) is 0 Å². The summed E-state index contributed by atoms with van der Waals surface area (Å²) in [4.78, 5) is 15.3. The Bertz CT molecular complexity index is 532. The molecule has 17 heavy (non-hydrogen) atoms. The molecule has 0 saturated heterocycles. The fourth-order valence-corrected chi connectivity index (χ4v) is 1.60. The van der Waals surface area contributed by atoms with Crippen LogP contribution >= 0.6 is 11.6 Å². The zero-order chi connectivity index (χ0) is 13.1. The minimum Gasteiger partial charge on any atom is -0.397 e. The fraction of sp³-hybridized carbons (Fsp3) is 0.250. The summed E-state index contributed by atoms with van der Waals surface area (Å²) in [5.74, 6) is -0.912. The Morgan fingerprint density at radius 3 is 2.76 bits per heavy atom. The van der Waals surface area contributed by atoms with Crippen molar-refractivity contribution >= 4 is 33.2 Å². The second-order valence-electron chi connectivity index (χ2n) is 3.23. The van der Waals surface area contributed by atoms with Crippen molar-refractivity contribution in [1.82, 2.24) is 10.3 Å². The van der Waals surface area contributed by atoms with Crippen molar-refractivity contribution in [3.05, 3.63) is 23.0 Å². The molecule has 0 bridgehead atoms. The van der Waals surface area contributed by atoms with Crippen molar-refractivity contribution < 1.29 is 13.2 Å². The topological polar surface area (TPSA) is 128 Å². The van der Waals surface area contributed by atoms with Crippen LogP contribution in [0.3, 0.4) is 0 Å². The molecule has 7 nitrogen and oxygen atoms in total. The number of rotatable bonds is 4. The molecule has 0 radical (unpaired) electrons. The van der Waals surface area contributed by atoms with E-state index in [9.17, 15) is 13.2 Å². The van der Waals surface area contributed by atoms with Crippen LogP contribution in [0.15, 0.2) is 12.3 Å². The number of sulfonamides is 1. The maximum Gasteiger partial charge on any atom is 0.254 e. The molecule has 0 saturated carbocycles. The van der Waals surface area contributed by atoms with Gasteiger partial charge < -0.3 is 11.1 Å². The summed E-state index contributed by atoms with van der Waals surface area (Å²) in [6.45, 7) is -0.108. The average Bonchev–Trinajstić information content (AvgIpc) is 2.19. The van der Waals surface area contributed by atoms with E-state index in [4.69, 9.17) is 22.5 Å². The van der Waals surface area contributed by atoms with Gasteiger partial charge in [-0.3, -0.25) is 4.79 Å². The van der Waals surface area contributed by atoms with Crippen LogP contribution in [0, 0.1) is 0 Å². The first kappa shape index (κ1) is 13.7. The maximum atomic E-state index is 11.6. The van der Waals surface area contributed by atoms with Crippen LogP contribution in [0.5, 0.6) is 0 Å². The molecule has 1 aromatic heterocycles. The van der Waals surface area contributed by atoms with E-state index in [2.05, 4.69) is 10.3 Å². The highest BCUT2D eigenvalue weighted by molar-refractivity contribution is 7.89. The standard InChI is InChI=1S/C8H11ClN4O3S/c9-7-6(3-5(10)4-13-7)8(14)12-1-2-17(11,15)16/h3-4H,1-2,10H2,(H,12,14)(H2,11,15,16). The van der Waals surface area contributed by atoms with Crippen LogP contribution in [-0.2, 0) is 10.0 Å². The lowest BCUT2D eigenvalue weighted by molar-refractivity contribution is 0.0956. The lowest BCUT2D eigenvalue weighted by atomic mass is 10.2. The highest BCUT2D eigenvalue weighted by Gasteiger charge is 2.12. The first-order chi connectivity index (χ1) is 7.79. The Morgan fingerprint density at radius 2 is 2.18 bits per heavy atom. The zero-order valence-electron chi connectivity index (χ0n) is 8.68. The average molecular weight is 279 g/mol. The minimum absolute atomic E-state index is 0.00712. The Balaban J connectivity index is 2.67. The molecule has 9 heteroatoms. The normalized spacial score (nSPS) is 11.2. The summed E-state index contributed by atoms with van der Waals surface area (Å²) < 4.78 is 21.3. The van der Waals surface area contributed by atoms with Crippen molar-refractivity contribution in [2.24, 2.45) is 5.14 Å². The largest absolute Gasteiger partial charge is 0.397 e. The molecule has 0 atom stereocenters. The van der Waals surface area contributed by atoms with Crippen LogP contribution in [0.25, 0.3) is 0 Å². The lowest BCUT2D eigenvalue weighted by Crippen LogP contribution is -2.31. The second kappa shape index (κ2) is 5.30. The summed E-state index contributed by atoms with van der Waals surface area (Å²) in [7, 11) is -3.61. The van der Waals surface area contributed by atoms with Gasteiger partial charge in [-0.1, -0.05) is 11.6 Å². The van der Waals surface area contributed by atoms with Gasteiger partial charge in [0.15, 0.2) is 0 Å². The number of nitrogens with zero attached hydrogens (tertiary/aromatic N) is 1. The van der Waals surface area contributed by atoms with E-state index in [0.29, 0.717) is 0 Å². The monoisotopic (exact) mass is 278 g/mol. The Morgan fingerprint density at radius 1 is 1.53 bits per heavy atom. The molecule has 0 fully saturated rings. The van der Waals surface area contributed by atoms with Crippen LogP contribution in [-0.4, -0.2) is 31.6 Å². The van der Waals surface area contributed by atoms with Gasteiger partial charge in [-0.05, 0) is 6.07 Å². The SMILES string of the molecule is Nc1cnc(Cl)c(C(=O)NCCS(N)(=O)=O)c1. The van der Waals surface area contributed by atoms with E-state index in [1.54, 1.807) is 0 Å². The number of primary sulfonamides is 1. The zero-order valence-corrected chi connectivity index (χ0v) is 10.3. The second-order valence-corrected chi connectivity index (χ2v) is 5.32. The van der Waals surface area contributed by atoms with E-state index >= 15 is 0 Å². The molecule has 0 aliphatic carbocycles. The highest BCUT2D eigenvalue weighted by atomic mass is 35.5. The van der Waals surface area contributed by atoms with E-state index in [1.807, 2.05) is 0 Å². The molecular formula is C8H11ClN4O3S. The van der Waals surface area contributed by atoms with Gasteiger partial charge in [0, 0.05) is 6.54 Å². The number of halogens is 1. The van der Waals surface area contributed by atoms with Gasteiger partial charge in [0.2, 0.25) is 10.0 Å². The minimum atomic E-state index is -3.61. The summed E-state index contributed by atoms with van der Waals surface area (Å²) >= 11 is 5.69. The molecule has 1 aromatic rings. The number of nitrogens with two attached hydrogens (primary N) is 2. The number of aromatic nitrogens is 1. The molecule has 1 rings (SSSR count). The van der Waals surface area contributed by atoms with Gasteiger partial charge in [-0.2, -0.15) is 0 Å². The van der Waals surface area contributed by atoms with Gasteiger partial charge in [0.25, 0.3) is 5.91 Å². The predicted octanol–water partition coefficient (Wildman–Crippen LogP) is -0.664. The highest BCUT2D eigenvalue weighted by Crippen LogP contribution is 2.15. The number of hydrogen-bond acceptors (Lipinski definition) is 5. The smallest absolute Gasteiger partial charge is 0.254 e. The third-order valence-electron chi connectivity index (χ3n) is 1.78. The molecule has 1 amide bonds. The molecule has 0 aromatic carbocycles. The van der Waals surface area contributed by atoms with Crippen molar-refractivity contribution in [3.8, 4) is 0 Å². The van der Waals surface area contributed by atoms with Gasteiger partial charge in [-0.15, -0.1) is 0 Å². The van der Waals surface area contributed by atoms with Gasteiger partial charge >= 0.3 is 0 Å². The molecule has 0 spiro atoms. The van der Waals surface area contributed by atoms with Crippen LogP contribution in [0.2, 0.25) is 5.15 Å². The Kier molecular flexibility index (Phi) is 4.27. The molecule has 1 heterocycles. The van der Waals surface area contributed by atoms with E-state index < -0.39 is 15.9 Å². The van der Waals surface area contributed by atoms with Crippen LogP contribution < -0.4 is 16.2 Å². The first-order valence-electron chi connectivity index (χ1n) is 4.49. The molecule has 0 aliphatic rings. The molecular weight excluding hydrogens is 268 g/mol. The van der Waals surface area contributed by atoms with Gasteiger partial charge in [-0.25, -0.2) is 18.5 Å². The number of nitrogens with one attached hydrogen (secondary N) is 1. The summed E-state index contributed by atoms with van der Waals surface area (Å²) in [6.07, 6.45) is 1.31. The van der Waals surface area contributed by atoms with Crippen LogP contribution in [0.4, 0.5) is 5.69 Å². The number of anilines is 1. The molecule has 94 valence electrons. The van der Waals surface area contributed by atoms with Crippen LogP contribution in [0.1, 0.15) is 10.4 Å². The number of hydrogen-bond donors (Lipinski definition) is 3. The van der Waals surface area contributed by atoms with E-state index in [-0.39, 0.29) is 28.7 Å². The van der Waals surface area contributed by atoms with Crippen molar-refractivity contribution in [2.75, 3.05) is 18.0 Å². The lowest BCUT2D eigenvalue weighted by Gasteiger charge is -2.06. The van der Waals surface area contributed by atoms with Crippen molar-refractivity contribution in [1.29, 1.82) is 0 Å². The maximum absolute atomic E-state index is 11.6. The number of carbonyl (C=O) groups is 1. The molecule has 0 unspecified atom stereocenters.